The first kappa shape index (κ1) is 22.1. The summed E-state index contributed by atoms with van der Waals surface area (Å²) in [6, 6.07) is 0. The molecule has 3 N–H and O–H groups in total. The Morgan fingerprint density at radius 1 is 1.23 bits per heavy atom. The number of nitrogen functional groups attached to an aromatic ring is 1. The van der Waals surface area contributed by atoms with Gasteiger partial charge in [0, 0.05) is 39.2 Å². The lowest BCUT2D eigenvalue weighted by Gasteiger charge is -2.35. The van der Waals surface area contributed by atoms with Crippen molar-refractivity contribution in [2.45, 2.75) is 45.6 Å². The van der Waals surface area contributed by atoms with E-state index in [1.54, 1.807) is 4.90 Å². The van der Waals surface area contributed by atoms with Crippen LogP contribution in [0.1, 0.15) is 39.0 Å². The molecule has 2 amide bonds. The highest BCUT2D eigenvalue weighted by atomic mass is 16.5. The second-order valence-electron chi connectivity index (χ2n) is 8.03. The van der Waals surface area contributed by atoms with E-state index < -0.39 is 17.2 Å². The van der Waals surface area contributed by atoms with E-state index in [0.29, 0.717) is 32.5 Å². The van der Waals surface area contributed by atoms with Gasteiger partial charge in [-0.25, -0.2) is 4.79 Å². The molecule has 1 saturated carbocycles. The number of aromatic amines is 1. The number of ether oxygens (including phenoxy) is 1. The maximum absolute atomic E-state index is 13.5. The Bertz CT molecular complexity index is 904. The largest absolute Gasteiger partial charge is 0.383 e. The van der Waals surface area contributed by atoms with Crippen LogP contribution in [0.4, 0.5) is 11.5 Å². The molecule has 1 aliphatic heterocycles. The Labute approximate surface area is 175 Å². The average Bonchev–Trinajstić information content (AvgIpc) is 3.58. The molecule has 1 atom stereocenters. The summed E-state index contributed by atoms with van der Waals surface area (Å²) in [6.07, 6.45) is 3.83. The summed E-state index contributed by atoms with van der Waals surface area (Å²) in [5.74, 6) is -0.524. The lowest BCUT2D eigenvalue weighted by molar-refractivity contribution is -0.136. The number of carbonyl (C=O) groups excluding carboxylic acids is 2. The van der Waals surface area contributed by atoms with Crippen LogP contribution in [-0.2, 0) is 20.9 Å². The highest BCUT2D eigenvalue weighted by Crippen LogP contribution is 2.33. The van der Waals surface area contributed by atoms with Crippen LogP contribution >= 0.6 is 0 Å². The summed E-state index contributed by atoms with van der Waals surface area (Å²) in [5, 5.41) is 0. The number of H-pyrrole nitrogens is 1. The van der Waals surface area contributed by atoms with Gasteiger partial charge in [-0.05, 0) is 32.1 Å². The molecule has 10 heteroatoms. The lowest BCUT2D eigenvalue weighted by atomic mass is 9.95. The standard InChI is InChI=1S/C20H31N5O5/c1-3-8-25-16(21)15(17(26)22-20(25)29)24(10-11-30-2)19(28)14-5-4-9-23(12-14)18(27)13-6-7-13/h13-14H,3-12,21H2,1-2H3,(H,22,26,29). The third-order valence-corrected chi connectivity index (χ3v) is 5.73. The zero-order valence-corrected chi connectivity index (χ0v) is 17.7. The van der Waals surface area contributed by atoms with Crippen molar-refractivity contribution in [2.75, 3.05) is 44.0 Å². The smallest absolute Gasteiger partial charge is 0.330 e. The summed E-state index contributed by atoms with van der Waals surface area (Å²) >= 11 is 0. The summed E-state index contributed by atoms with van der Waals surface area (Å²) in [6.45, 7) is 3.53. The molecule has 0 radical (unpaired) electrons. The van der Waals surface area contributed by atoms with Crippen molar-refractivity contribution in [3.63, 3.8) is 0 Å². The third-order valence-electron chi connectivity index (χ3n) is 5.73. The van der Waals surface area contributed by atoms with Crippen LogP contribution in [0.25, 0.3) is 0 Å². The van der Waals surface area contributed by atoms with Crippen LogP contribution in [-0.4, -0.2) is 59.6 Å². The topological polar surface area (TPSA) is 131 Å². The minimum Gasteiger partial charge on any atom is -0.383 e. The van der Waals surface area contributed by atoms with Crippen LogP contribution in [0, 0.1) is 11.8 Å². The Balaban J connectivity index is 1.91. The van der Waals surface area contributed by atoms with Crippen LogP contribution in [0.15, 0.2) is 9.59 Å². The van der Waals surface area contributed by atoms with Crippen LogP contribution < -0.4 is 21.9 Å². The van der Waals surface area contributed by atoms with E-state index in [1.165, 1.54) is 16.6 Å². The maximum Gasteiger partial charge on any atom is 0.330 e. The number of anilines is 2. The molecule has 1 aliphatic carbocycles. The normalized spacial score (nSPS) is 19.0. The molecule has 1 unspecified atom stereocenters. The van der Waals surface area contributed by atoms with Gasteiger partial charge >= 0.3 is 5.69 Å². The van der Waals surface area contributed by atoms with Gasteiger partial charge in [0.05, 0.1) is 12.5 Å². The summed E-state index contributed by atoms with van der Waals surface area (Å²) in [7, 11) is 1.50. The molecule has 2 aliphatic rings. The number of piperidine rings is 1. The van der Waals surface area contributed by atoms with Crippen molar-refractivity contribution in [1.82, 2.24) is 14.5 Å². The van der Waals surface area contributed by atoms with Gasteiger partial charge in [-0.2, -0.15) is 0 Å². The molecule has 2 fully saturated rings. The summed E-state index contributed by atoms with van der Waals surface area (Å²) < 4.78 is 6.40. The van der Waals surface area contributed by atoms with Gasteiger partial charge in [0.25, 0.3) is 5.56 Å². The fraction of sp³-hybridized carbons (Fsp3) is 0.700. The highest BCUT2D eigenvalue weighted by Gasteiger charge is 2.38. The molecular weight excluding hydrogens is 390 g/mol. The second kappa shape index (κ2) is 9.46. The van der Waals surface area contributed by atoms with Crippen molar-refractivity contribution >= 4 is 23.3 Å². The molecule has 1 saturated heterocycles. The van der Waals surface area contributed by atoms with E-state index in [9.17, 15) is 19.2 Å². The van der Waals surface area contributed by atoms with Crippen LogP contribution in [0.2, 0.25) is 0 Å². The molecular formula is C20H31N5O5. The number of amides is 2. The number of likely N-dealkylation sites (tertiary alicyclic amines) is 1. The summed E-state index contributed by atoms with van der Waals surface area (Å²) in [5.41, 5.74) is 4.85. The van der Waals surface area contributed by atoms with Crippen molar-refractivity contribution in [1.29, 1.82) is 0 Å². The molecule has 1 aromatic rings. The molecule has 1 aromatic heterocycles. The number of methoxy groups -OCH3 is 1. The quantitative estimate of drug-likeness (QED) is 0.615. The number of nitrogens with two attached hydrogens (primary N) is 1. The fourth-order valence-electron chi connectivity index (χ4n) is 3.99. The van der Waals surface area contributed by atoms with Gasteiger partial charge in [-0.15, -0.1) is 0 Å². The van der Waals surface area contributed by atoms with E-state index in [0.717, 1.165) is 19.3 Å². The minimum absolute atomic E-state index is 0.0308. The first-order valence-electron chi connectivity index (χ1n) is 10.6. The molecule has 3 rings (SSSR count). The first-order valence-corrected chi connectivity index (χ1v) is 10.6. The number of nitrogens with zero attached hydrogens (tertiary/aromatic N) is 3. The minimum atomic E-state index is -0.698. The first-order chi connectivity index (χ1) is 14.4. The van der Waals surface area contributed by atoms with E-state index in [-0.39, 0.29) is 42.4 Å². The number of hydrogen-bond donors (Lipinski definition) is 2. The van der Waals surface area contributed by atoms with Gasteiger partial charge in [0.1, 0.15) is 5.82 Å². The maximum atomic E-state index is 13.5. The predicted octanol–water partition coefficient (Wildman–Crippen LogP) is 0.157. The molecule has 166 valence electrons. The molecule has 10 nitrogen and oxygen atoms in total. The van der Waals surface area contributed by atoms with Crippen LogP contribution in [0.5, 0.6) is 0 Å². The van der Waals surface area contributed by atoms with E-state index in [2.05, 4.69) is 4.98 Å². The van der Waals surface area contributed by atoms with E-state index in [4.69, 9.17) is 10.5 Å². The Morgan fingerprint density at radius 3 is 2.60 bits per heavy atom. The van der Waals surface area contributed by atoms with Gasteiger partial charge in [0.15, 0.2) is 5.69 Å². The fourth-order valence-corrected chi connectivity index (χ4v) is 3.99. The zero-order chi connectivity index (χ0) is 21.8. The molecule has 0 spiro atoms. The van der Waals surface area contributed by atoms with Gasteiger partial charge in [-0.3, -0.25) is 23.9 Å². The number of carbonyl (C=O) groups is 2. The molecule has 30 heavy (non-hydrogen) atoms. The van der Waals surface area contributed by atoms with Crippen LogP contribution in [0.3, 0.4) is 0 Å². The van der Waals surface area contributed by atoms with Gasteiger partial charge < -0.3 is 20.3 Å². The molecule has 2 heterocycles. The third kappa shape index (κ3) is 4.58. The van der Waals surface area contributed by atoms with E-state index in [1.807, 2.05) is 6.92 Å². The van der Waals surface area contributed by atoms with Gasteiger partial charge in [0.2, 0.25) is 11.8 Å². The highest BCUT2D eigenvalue weighted by molar-refractivity contribution is 5.97. The number of rotatable bonds is 8. The van der Waals surface area contributed by atoms with Crippen molar-refractivity contribution in [2.24, 2.45) is 11.8 Å². The predicted molar refractivity (Wildman–Crippen MR) is 112 cm³/mol. The number of aromatic nitrogens is 2. The monoisotopic (exact) mass is 421 g/mol. The Hall–Kier alpha value is -2.62. The Kier molecular flexibility index (Phi) is 6.96. The van der Waals surface area contributed by atoms with Gasteiger partial charge in [-0.1, -0.05) is 6.92 Å². The molecule has 0 bridgehead atoms. The summed E-state index contributed by atoms with van der Waals surface area (Å²) in [4.78, 5) is 56.1. The SMILES string of the molecule is CCCn1c(N)c(N(CCOC)C(=O)C2CCCN(C(=O)C3CC3)C2)c(=O)[nH]c1=O. The number of hydrogen-bond acceptors (Lipinski definition) is 6. The van der Waals surface area contributed by atoms with Crippen molar-refractivity contribution in [3.8, 4) is 0 Å². The van der Waals surface area contributed by atoms with Crippen molar-refractivity contribution < 1.29 is 14.3 Å². The average molecular weight is 421 g/mol. The second-order valence-corrected chi connectivity index (χ2v) is 8.03. The van der Waals surface area contributed by atoms with Crippen molar-refractivity contribution in [3.05, 3.63) is 20.8 Å². The van der Waals surface area contributed by atoms with E-state index >= 15 is 0 Å². The Morgan fingerprint density at radius 2 is 1.97 bits per heavy atom. The lowest BCUT2D eigenvalue weighted by Crippen LogP contribution is -2.50. The molecule has 0 aromatic carbocycles. The number of nitrogens with one attached hydrogen (secondary N) is 1. The zero-order valence-electron chi connectivity index (χ0n) is 17.7.